The molecule has 0 bridgehead atoms. The van der Waals surface area contributed by atoms with Gasteiger partial charge in [0.1, 0.15) is 11.9 Å². The highest BCUT2D eigenvalue weighted by atomic mass is 19.1. The summed E-state index contributed by atoms with van der Waals surface area (Å²) in [5, 5.41) is 3.41. The number of nitrogens with zero attached hydrogens (tertiary/aromatic N) is 5. The van der Waals surface area contributed by atoms with Gasteiger partial charge in [-0.2, -0.15) is 0 Å². The van der Waals surface area contributed by atoms with Crippen LogP contribution in [0.1, 0.15) is 6.42 Å². The maximum absolute atomic E-state index is 14.4. The summed E-state index contributed by atoms with van der Waals surface area (Å²) in [7, 11) is 0. The molecule has 1 aromatic rings. The van der Waals surface area contributed by atoms with Gasteiger partial charge in [0.05, 0.1) is 31.1 Å². The van der Waals surface area contributed by atoms with Crippen molar-refractivity contribution in [1.29, 1.82) is 0 Å². The Morgan fingerprint density at radius 2 is 2.12 bits per heavy atom. The lowest BCUT2D eigenvalue weighted by Crippen LogP contribution is -2.43. The molecule has 0 saturated carbocycles. The summed E-state index contributed by atoms with van der Waals surface area (Å²) in [6, 6.07) is 4.73. The fourth-order valence-electron chi connectivity index (χ4n) is 2.84. The molecule has 8 nitrogen and oxygen atoms in total. The van der Waals surface area contributed by atoms with Gasteiger partial charge in [-0.1, -0.05) is 5.11 Å². The van der Waals surface area contributed by atoms with Gasteiger partial charge >= 0.3 is 6.09 Å². The third-order valence-electron chi connectivity index (χ3n) is 4.11. The normalized spacial score (nSPS) is 21.2. The highest BCUT2D eigenvalue weighted by Gasteiger charge is 2.28. The van der Waals surface area contributed by atoms with E-state index in [4.69, 9.17) is 15.0 Å². The maximum Gasteiger partial charge on any atom is 0.414 e. The van der Waals surface area contributed by atoms with Crippen molar-refractivity contribution in [3.05, 3.63) is 34.5 Å². The van der Waals surface area contributed by atoms with E-state index in [1.807, 2.05) is 4.90 Å². The molecule has 24 heavy (non-hydrogen) atoms. The molecule has 0 radical (unpaired) electrons. The zero-order chi connectivity index (χ0) is 16.9. The smallest absolute Gasteiger partial charge is 0.414 e. The fraction of sp³-hybridized carbons (Fsp3) is 0.533. The molecule has 2 aliphatic rings. The van der Waals surface area contributed by atoms with Crippen molar-refractivity contribution >= 4 is 17.5 Å². The second-order valence-electron chi connectivity index (χ2n) is 5.59. The Hall–Kier alpha value is -2.51. The number of hydrogen-bond acceptors (Lipinski definition) is 5. The summed E-state index contributed by atoms with van der Waals surface area (Å²) in [6.45, 7) is 2.94. The first-order valence-electron chi connectivity index (χ1n) is 7.80. The van der Waals surface area contributed by atoms with Gasteiger partial charge in [-0.05, 0) is 23.7 Å². The summed E-state index contributed by atoms with van der Waals surface area (Å²) in [4.78, 5) is 18.1. The first-order valence-corrected chi connectivity index (χ1v) is 7.80. The van der Waals surface area contributed by atoms with Crippen molar-refractivity contribution in [3.8, 4) is 0 Å². The number of azide groups is 1. The lowest BCUT2D eigenvalue weighted by atomic mass is 10.1. The molecule has 1 aromatic carbocycles. The predicted octanol–water partition coefficient (Wildman–Crippen LogP) is 2.69. The molecule has 0 aliphatic carbocycles. The van der Waals surface area contributed by atoms with Crippen LogP contribution in [0.3, 0.4) is 0 Å². The minimum Gasteiger partial charge on any atom is -0.446 e. The van der Waals surface area contributed by atoms with Crippen LogP contribution in [-0.2, 0) is 9.47 Å². The number of halogens is 1. The molecule has 2 aliphatic heterocycles. The molecule has 2 fully saturated rings. The minimum absolute atomic E-state index is 0.112. The standard InChI is InChI=1S/C15H18FN5O3/c16-13-9-11(1-2-14(13)20-5-7-23-8-6-20)21-4-3-12(10-18-19-17)24-15(21)22/h1-2,9,12H,3-8,10H2/t12-/m1/s1. The number of rotatable bonds is 4. The first-order chi connectivity index (χ1) is 11.7. The molecule has 0 spiro atoms. The fourth-order valence-corrected chi connectivity index (χ4v) is 2.84. The van der Waals surface area contributed by atoms with E-state index in [0.29, 0.717) is 50.6 Å². The number of carbonyl (C=O) groups is 1. The lowest BCUT2D eigenvalue weighted by Gasteiger charge is -2.32. The number of amides is 1. The molecule has 2 heterocycles. The molecule has 3 rings (SSSR count). The minimum atomic E-state index is -0.557. The van der Waals surface area contributed by atoms with E-state index in [1.165, 1.54) is 11.0 Å². The van der Waals surface area contributed by atoms with Gasteiger partial charge in [0.15, 0.2) is 0 Å². The lowest BCUT2D eigenvalue weighted by molar-refractivity contribution is 0.0888. The van der Waals surface area contributed by atoms with Gasteiger partial charge in [0, 0.05) is 31.0 Å². The van der Waals surface area contributed by atoms with Crippen LogP contribution >= 0.6 is 0 Å². The number of morpholine rings is 1. The van der Waals surface area contributed by atoms with Gasteiger partial charge in [0.2, 0.25) is 0 Å². The number of hydrogen-bond donors (Lipinski definition) is 0. The molecule has 0 aromatic heterocycles. The Bertz CT molecular complexity index is 659. The summed E-state index contributed by atoms with van der Waals surface area (Å²) >= 11 is 0. The summed E-state index contributed by atoms with van der Waals surface area (Å²) < 4.78 is 24.9. The summed E-state index contributed by atoms with van der Waals surface area (Å²) in [5.41, 5.74) is 9.27. The zero-order valence-corrected chi connectivity index (χ0v) is 13.1. The molecule has 1 amide bonds. The second-order valence-corrected chi connectivity index (χ2v) is 5.59. The van der Waals surface area contributed by atoms with Crippen LogP contribution in [0.25, 0.3) is 10.4 Å². The molecule has 9 heteroatoms. The van der Waals surface area contributed by atoms with E-state index in [9.17, 15) is 9.18 Å². The second kappa shape index (κ2) is 7.37. The van der Waals surface area contributed by atoms with Crippen LogP contribution in [0.5, 0.6) is 0 Å². The number of anilines is 2. The molecular formula is C15H18FN5O3. The van der Waals surface area contributed by atoms with Crippen LogP contribution in [-0.4, -0.2) is 51.6 Å². The van der Waals surface area contributed by atoms with Gasteiger partial charge in [0.25, 0.3) is 0 Å². The molecule has 2 saturated heterocycles. The molecule has 0 N–H and O–H groups in total. The summed E-state index contributed by atoms with van der Waals surface area (Å²) in [5.74, 6) is -0.376. The van der Waals surface area contributed by atoms with Gasteiger partial charge in [-0.3, -0.25) is 4.90 Å². The topological polar surface area (TPSA) is 90.8 Å². The summed E-state index contributed by atoms with van der Waals surface area (Å²) in [6.07, 6.45) is -0.461. The van der Waals surface area contributed by atoms with E-state index in [-0.39, 0.29) is 12.4 Å². The average molecular weight is 335 g/mol. The van der Waals surface area contributed by atoms with Crippen LogP contribution in [0.15, 0.2) is 23.3 Å². The van der Waals surface area contributed by atoms with Gasteiger partial charge in [-0.15, -0.1) is 0 Å². The predicted molar refractivity (Wildman–Crippen MR) is 85.7 cm³/mol. The highest BCUT2D eigenvalue weighted by Crippen LogP contribution is 2.28. The van der Waals surface area contributed by atoms with Crippen LogP contribution < -0.4 is 9.80 Å². The van der Waals surface area contributed by atoms with Crippen LogP contribution in [0.2, 0.25) is 0 Å². The molecule has 0 unspecified atom stereocenters. The number of carbonyl (C=O) groups excluding carboxylic acids is 1. The van der Waals surface area contributed by atoms with E-state index < -0.39 is 12.2 Å². The Morgan fingerprint density at radius 1 is 1.33 bits per heavy atom. The SMILES string of the molecule is [N-]=[N+]=NC[C@H]1CCN(c2ccc(N3CCOCC3)c(F)c2)C(=O)O1. The molecule has 1 atom stereocenters. The highest BCUT2D eigenvalue weighted by molar-refractivity contribution is 5.88. The third-order valence-corrected chi connectivity index (χ3v) is 4.11. The van der Waals surface area contributed by atoms with Crippen molar-refractivity contribution < 1.29 is 18.7 Å². The Morgan fingerprint density at radius 3 is 2.79 bits per heavy atom. The first kappa shape index (κ1) is 16.4. The van der Waals surface area contributed by atoms with E-state index in [2.05, 4.69) is 10.0 Å². The van der Waals surface area contributed by atoms with Crippen molar-refractivity contribution in [3.63, 3.8) is 0 Å². The van der Waals surface area contributed by atoms with Crippen molar-refractivity contribution in [1.82, 2.24) is 0 Å². The quantitative estimate of drug-likeness (QED) is 0.480. The maximum atomic E-state index is 14.4. The number of benzene rings is 1. The number of cyclic esters (lactones) is 1. The van der Waals surface area contributed by atoms with Gasteiger partial charge in [-0.25, -0.2) is 9.18 Å². The van der Waals surface area contributed by atoms with Crippen molar-refractivity contribution in [2.24, 2.45) is 5.11 Å². The van der Waals surface area contributed by atoms with Crippen molar-refractivity contribution in [2.75, 3.05) is 49.2 Å². The molecular weight excluding hydrogens is 317 g/mol. The van der Waals surface area contributed by atoms with E-state index in [1.54, 1.807) is 12.1 Å². The monoisotopic (exact) mass is 335 g/mol. The van der Waals surface area contributed by atoms with Crippen molar-refractivity contribution in [2.45, 2.75) is 12.5 Å². The Kier molecular flexibility index (Phi) is 5.02. The largest absolute Gasteiger partial charge is 0.446 e. The van der Waals surface area contributed by atoms with Crippen LogP contribution in [0.4, 0.5) is 20.6 Å². The van der Waals surface area contributed by atoms with E-state index >= 15 is 0 Å². The number of ether oxygens (including phenoxy) is 2. The third kappa shape index (κ3) is 3.52. The zero-order valence-electron chi connectivity index (χ0n) is 13.1. The van der Waals surface area contributed by atoms with Gasteiger partial charge < -0.3 is 14.4 Å². The Labute approximate surface area is 138 Å². The average Bonchev–Trinajstić information content (AvgIpc) is 2.60. The van der Waals surface area contributed by atoms with E-state index in [0.717, 1.165) is 0 Å². The van der Waals surface area contributed by atoms with Crippen LogP contribution in [0, 0.1) is 5.82 Å². The Balaban J connectivity index is 1.70. The molecule has 128 valence electrons.